The lowest BCUT2D eigenvalue weighted by molar-refractivity contribution is 0.0936. The molecule has 1 aliphatic rings. The zero-order valence-electron chi connectivity index (χ0n) is 17.7. The first-order chi connectivity index (χ1) is 14.9. The van der Waals surface area contributed by atoms with Gasteiger partial charge in [-0.15, -0.1) is 6.42 Å². The molecule has 2 aromatic rings. The second-order valence-electron chi connectivity index (χ2n) is 7.81. The molecule has 7 heteroatoms. The second kappa shape index (κ2) is 9.99. The highest BCUT2D eigenvalue weighted by atomic mass is 32.2. The number of hydrogen-bond acceptors (Lipinski definition) is 4. The summed E-state index contributed by atoms with van der Waals surface area (Å²) < 4.78 is 31.8. The largest absolute Gasteiger partial charge is 0.497 e. The van der Waals surface area contributed by atoms with Crippen molar-refractivity contribution in [1.29, 1.82) is 0 Å². The van der Waals surface area contributed by atoms with Crippen molar-refractivity contribution >= 4 is 15.9 Å². The minimum Gasteiger partial charge on any atom is -0.497 e. The van der Waals surface area contributed by atoms with Crippen molar-refractivity contribution in [2.24, 2.45) is 0 Å². The van der Waals surface area contributed by atoms with E-state index in [4.69, 9.17) is 11.2 Å². The van der Waals surface area contributed by atoms with Gasteiger partial charge in [0.25, 0.3) is 5.91 Å². The molecule has 164 valence electrons. The summed E-state index contributed by atoms with van der Waals surface area (Å²) in [5.74, 6) is 2.82. The van der Waals surface area contributed by atoms with Crippen molar-refractivity contribution in [2.45, 2.75) is 42.4 Å². The van der Waals surface area contributed by atoms with Crippen molar-refractivity contribution in [3.05, 3.63) is 59.7 Å². The van der Waals surface area contributed by atoms with Crippen molar-refractivity contribution in [3.63, 3.8) is 0 Å². The van der Waals surface area contributed by atoms with Gasteiger partial charge >= 0.3 is 0 Å². The van der Waals surface area contributed by atoms with Crippen LogP contribution in [0.1, 0.15) is 48.0 Å². The predicted molar refractivity (Wildman–Crippen MR) is 121 cm³/mol. The van der Waals surface area contributed by atoms with Gasteiger partial charge in [-0.2, -0.15) is 4.72 Å². The second-order valence-corrected chi connectivity index (χ2v) is 9.57. The summed E-state index contributed by atoms with van der Waals surface area (Å²) in [5, 5.41) is 3.07. The summed E-state index contributed by atoms with van der Waals surface area (Å²) >= 11 is 0. The number of hydrogen-bond donors (Lipinski definition) is 2. The van der Waals surface area contributed by atoms with Gasteiger partial charge < -0.3 is 10.1 Å². The Morgan fingerprint density at radius 2 is 1.71 bits per heavy atom. The van der Waals surface area contributed by atoms with E-state index in [0.29, 0.717) is 12.1 Å². The average molecular weight is 441 g/mol. The number of ether oxygens (including phenoxy) is 1. The summed E-state index contributed by atoms with van der Waals surface area (Å²) in [7, 11) is -2.03. The number of methoxy groups -OCH3 is 1. The molecule has 0 aromatic heterocycles. The van der Waals surface area contributed by atoms with Crippen LogP contribution in [0.25, 0.3) is 0 Å². The molecule has 6 nitrogen and oxygen atoms in total. The fourth-order valence-electron chi connectivity index (χ4n) is 4.10. The highest BCUT2D eigenvalue weighted by Crippen LogP contribution is 2.39. The van der Waals surface area contributed by atoms with Gasteiger partial charge in [0, 0.05) is 17.5 Å². The van der Waals surface area contributed by atoms with E-state index in [9.17, 15) is 13.2 Å². The van der Waals surface area contributed by atoms with Gasteiger partial charge in [0.05, 0.1) is 18.6 Å². The van der Waals surface area contributed by atoms with Crippen molar-refractivity contribution in [1.82, 2.24) is 10.0 Å². The van der Waals surface area contributed by atoms with Gasteiger partial charge in [0.2, 0.25) is 10.0 Å². The van der Waals surface area contributed by atoms with Crippen LogP contribution in [0.15, 0.2) is 53.4 Å². The lowest BCUT2D eigenvalue weighted by Crippen LogP contribution is -2.42. The minimum atomic E-state index is -3.68. The summed E-state index contributed by atoms with van der Waals surface area (Å²) in [5.41, 5.74) is 1.51. The first-order valence-corrected chi connectivity index (χ1v) is 11.8. The van der Waals surface area contributed by atoms with E-state index in [-0.39, 0.29) is 22.8 Å². The summed E-state index contributed by atoms with van der Waals surface area (Å²) in [6.07, 6.45) is 10.6. The van der Waals surface area contributed by atoms with E-state index in [0.717, 1.165) is 31.4 Å². The Labute approximate surface area is 184 Å². The normalized spacial score (nSPS) is 15.6. The Morgan fingerprint density at radius 1 is 1.06 bits per heavy atom. The maximum absolute atomic E-state index is 12.8. The molecule has 0 radical (unpaired) electrons. The molecule has 3 rings (SSSR count). The molecule has 1 amide bonds. The number of carbonyl (C=O) groups is 1. The Hall–Kier alpha value is -2.82. The molecule has 0 heterocycles. The van der Waals surface area contributed by atoms with Crippen LogP contribution in [-0.4, -0.2) is 34.5 Å². The summed E-state index contributed by atoms with van der Waals surface area (Å²) in [4.78, 5) is 12.8. The average Bonchev–Trinajstić information content (AvgIpc) is 2.82. The monoisotopic (exact) mass is 440 g/mol. The molecular weight excluding hydrogens is 412 g/mol. The third-order valence-electron chi connectivity index (χ3n) is 5.89. The third-order valence-corrected chi connectivity index (χ3v) is 7.31. The van der Waals surface area contributed by atoms with Gasteiger partial charge in [-0.1, -0.05) is 37.3 Å². The molecule has 2 N–H and O–H groups in total. The molecule has 0 unspecified atom stereocenters. The van der Waals surface area contributed by atoms with Crippen LogP contribution in [0.4, 0.5) is 0 Å². The van der Waals surface area contributed by atoms with Gasteiger partial charge in [-0.05, 0) is 54.8 Å². The molecular formula is C24H28N2O4S. The molecule has 0 aliphatic heterocycles. The molecule has 31 heavy (non-hydrogen) atoms. The van der Waals surface area contributed by atoms with Crippen LogP contribution >= 0.6 is 0 Å². The van der Waals surface area contributed by atoms with Crippen LogP contribution in [0.3, 0.4) is 0 Å². The lowest BCUT2D eigenvalue weighted by Gasteiger charge is -2.38. The smallest absolute Gasteiger partial charge is 0.251 e. The van der Waals surface area contributed by atoms with E-state index in [1.807, 2.05) is 12.1 Å². The maximum Gasteiger partial charge on any atom is 0.251 e. The van der Waals surface area contributed by atoms with E-state index in [1.165, 1.54) is 36.2 Å². The Bertz CT molecular complexity index is 1030. The maximum atomic E-state index is 12.8. The summed E-state index contributed by atoms with van der Waals surface area (Å²) in [6, 6.07) is 13.9. The van der Waals surface area contributed by atoms with Crippen LogP contribution in [0.5, 0.6) is 5.75 Å². The molecule has 0 spiro atoms. The Kier molecular flexibility index (Phi) is 7.37. The van der Waals surface area contributed by atoms with Crippen LogP contribution in [-0.2, 0) is 15.4 Å². The van der Waals surface area contributed by atoms with Crippen molar-refractivity contribution in [2.75, 3.05) is 20.2 Å². The van der Waals surface area contributed by atoms with E-state index >= 15 is 0 Å². The van der Waals surface area contributed by atoms with Crippen molar-refractivity contribution in [3.8, 4) is 18.1 Å². The quantitative estimate of drug-likeness (QED) is 0.617. The fourth-order valence-corrected chi connectivity index (χ4v) is 5.03. The number of benzene rings is 2. The molecule has 1 fully saturated rings. The van der Waals surface area contributed by atoms with Gasteiger partial charge in [-0.25, -0.2) is 8.42 Å². The van der Waals surface area contributed by atoms with Crippen LogP contribution < -0.4 is 14.8 Å². The lowest BCUT2D eigenvalue weighted by atomic mass is 9.69. The molecule has 0 saturated heterocycles. The molecule has 0 bridgehead atoms. The standard InChI is InChI=1S/C24H28N2O4S/c1-3-17-26-31(28,29)22-13-7-19(8-14-22)23(27)25-18-24(15-5-4-6-16-24)20-9-11-21(30-2)12-10-20/h1,7-14,26H,4-6,15-18H2,2H3,(H,25,27). The van der Waals surface area contributed by atoms with Gasteiger partial charge in [0.1, 0.15) is 5.75 Å². The van der Waals surface area contributed by atoms with Crippen LogP contribution in [0, 0.1) is 12.3 Å². The Balaban J connectivity index is 1.72. The molecule has 0 atom stereocenters. The minimum absolute atomic E-state index is 0.0706. The number of nitrogens with one attached hydrogen (secondary N) is 2. The predicted octanol–water partition coefficient (Wildman–Crippen LogP) is 3.24. The number of carbonyl (C=O) groups excluding carboxylic acids is 1. The van der Waals surface area contributed by atoms with E-state index in [1.54, 1.807) is 7.11 Å². The zero-order chi connectivity index (χ0) is 22.3. The number of amides is 1. The first-order valence-electron chi connectivity index (χ1n) is 10.4. The highest BCUT2D eigenvalue weighted by Gasteiger charge is 2.34. The zero-order valence-corrected chi connectivity index (χ0v) is 18.5. The third kappa shape index (κ3) is 5.46. The van der Waals surface area contributed by atoms with Crippen molar-refractivity contribution < 1.29 is 17.9 Å². The topological polar surface area (TPSA) is 84.5 Å². The Morgan fingerprint density at radius 3 is 2.29 bits per heavy atom. The fraction of sp³-hybridized carbons (Fsp3) is 0.375. The SMILES string of the molecule is C#CCNS(=O)(=O)c1ccc(C(=O)NCC2(c3ccc(OC)cc3)CCCCC2)cc1. The molecule has 1 aliphatic carbocycles. The molecule has 2 aromatic carbocycles. The highest BCUT2D eigenvalue weighted by molar-refractivity contribution is 7.89. The number of sulfonamides is 1. The van der Waals surface area contributed by atoms with Gasteiger partial charge in [0.15, 0.2) is 0 Å². The summed E-state index contributed by atoms with van der Waals surface area (Å²) in [6.45, 7) is 0.444. The number of terminal acetylenes is 1. The number of rotatable bonds is 8. The van der Waals surface area contributed by atoms with E-state index in [2.05, 4.69) is 28.1 Å². The van der Waals surface area contributed by atoms with Crippen LogP contribution in [0.2, 0.25) is 0 Å². The first kappa shape index (κ1) is 22.9. The molecule has 1 saturated carbocycles. The van der Waals surface area contributed by atoms with E-state index < -0.39 is 10.0 Å². The van der Waals surface area contributed by atoms with Gasteiger partial charge in [-0.3, -0.25) is 4.79 Å².